The number of piperidine rings is 1. The zero-order valence-corrected chi connectivity index (χ0v) is 13.3. The van der Waals surface area contributed by atoms with E-state index >= 15 is 0 Å². The second-order valence-corrected chi connectivity index (χ2v) is 6.08. The number of hydrogen-bond donors (Lipinski definition) is 1. The van der Waals surface area contributed by atoms with E-state index in [4.69, 9.17) is 0 Å². The average Bonchev–Trinajstić information content (AvgIpc) is 2.54. The first-order chi connectivity index (χ1) is 10.7. The lowest BCUT2D eigenvalue weighted by Crippen LogP contribution is -2.33. The topological polar surface area (TPSA) is 53.9 Å². The van der Waals surface area contributed by atoms with Crippen molar-refractivity contribution in [2.75, 3.05) is 23.3 Å². The minimum atomic E-state index is 0.688. The first kappa shape index (κ1) is 14.8. The van der Waals surface area contributed by atoms with Gasteiger partial charge < -0.3 is 10.2 Å². The molecule has 0 atom stereocenters. The molecule has 1 N–H and O–H groups in total. The summed E-state index contributed by atoms with van der Waals surface area (Å²) in [5, 5.41) is 3.30. The molecule has 0 spiro atoms. The van der Waals surface area contributed by atoms with Crippen LogP contribution < -0.4 is 10.2 Å². The molecule has 0 amide bonds. The van der Waals surface area contributed by atoms with Gasteiger partial charge in [-0.25, -0.2) is 4.98 Å². The van der Waals surface area contributed by atoms with Gasteiger partial charge in [-0.15, -0.1) is 0 Å². The van der Waals surface area contributed by atoms with E-state index in [-0.39, 0.29) is 0 Å². The van der Waals surface area contributed by atoms with Crippen LogP contribution >= 0.6 is 0 Å². The van der Waals surface area contributed by atoms with Crippen LogP contribution in [0.4, 0.5) is 11.8 Å². The minimum absolute atomic E-state index is 0.688. The van der Waals surface area contributed by atoms with Crippen molar-refractivity contribution in [1.29, 1.82) is 0 Å². The van der Waals surface area contributed by atoms with Gasteiger partial charge in [-0.1, -0.05) is 13.0 Å². The number of hydrogen-bond acceptors (Lipinski definition) is 5. The number of nitrogens with one attached hydrogen (secondary N) is 1. The maximum Gasteiger partial charge on any atom is 0.225 e. The molecule has 1 aliphatic heterocycles. The molecule has 3 rings (SSSR count). The summed E-state index contributed by atoms with van der Waals surface area (Å²) in [5.74, 6) is 2.55. The Kier molecular flexibility index (Phi) is 4.51. The van der Waals surface area contributed by atoms with Crippen LogP contribution in [0.15, 0.2) is 30.6 Å². The van der Waals surface area contributed by atoms with Crippen molar-refractivity contribution in [1.82, 2.24) is 15.0 Å². The maximum absolute atomic E-state index is 4.68. The Morgan fingerprint density at radius 1 is 1.27 bits per heavy atom. The smallest absolute Gasteiger partial charge is 0.225 e. The summed E-state index contributed by atoms with van der Waals surface area (Å²) < 4.78 is 0. The third-order valence-corrected chi connectivity index (χ3v) is 4.12. The lowest BCUT2D eigenvalue weighted by molar-refractivity contribution is 0.436. The molecule has 0 unspecified atom stereocenters. The van der Waals surface area contributed by atoms with E-state index in [9.17, 15) is 0 Å². The molecule has 1 saturated heterocycles. The quantitative estimate of drug-likeness (QED) is 0.940. The number of aromatic nitrogens is 3. The monoisotopic (exact) mass is 297 g/mol. The molecule has 5 nitrogen and oxygen atoms in total. The van der Waals surface area contributed by atoms with Gasteiger partial charge >= 0.3 is 0 Å². The zero-order chi connectivity index (χ0) is 15.4. The molecule has 0 aromatic carbocycles. The van der Waals surface area contributed by atoms with Crippen LogP contribution in [0.2, 0.25) is 0 Å². The normalized spacial score (nSPS) is 15.8. The third-order valence-electron chi connectivity index (χ3n) is 4.12. The Morgan fingerprint density at radius 3 is 2.82 bits per heavy atom. The predicted octanol–water partition coefficient (Wildman–Crippen LogP) is 3.03. The summed E-state index contributed by atoms with van der Waals surface area (Å²) >= 11 is 0. The van der Waals surface area contributed by atoms with Crippen molar-refractivity contribution in [3.8, 4) is 0 Å². The van der Waals surface area contributed by atoms with Crippen molar-refractivity contribution in [2.45, 2.75) is 33.2 Å². The Labute approximate surface area is 131 Å². The van der Waals surface area contributed by atoms with Gasteiger partial charge in [0.15, 0.2) is 0 Å². The molecule has 1 aliphatic rings. The number of aryl methyl sites for hydroxylation is 1. The highest BCUT2D eigenvalue weighted by Gasteiger charge is 2.17. The van der Waals surface area contributed by atoms with Crippen molar-refractivity contribution < 1.29 is 0 Å². The summed E-state index contributed by atoms with van der Waals surface area (Å²) in [6.45, 7) is 7.20. The van der Waals surface area contributed by atoms with Crippen molar-refractivity contribution in [3.63, 3.8) is 0 Å². The molecular weight excluding hydrogens is 274 g/mol. The van der Waals surface area contributed by atoms with Gasteiger partial charge in [-0.3, -0.25) is 4.98 Å². The second-order valence-electron chi connectivity index (χ2n) is 6.08. The van der Waals surface area contributed by atoms with Crippen molar-refractivity contribution in [2.24, 2.45) is 5.92 Å². The molecule has 2 aromatic heterocycles. The summed E-state index contributed by atoms with van der Waals surface area (Å²) in [7, 11) is 0. The Hall–Kier alpha value is -2.17. The van der Waals surface area contributed by atoms with E-state index in [1.165, 1.54) is 12.8 Å². The summed E-state index contributed by atoms with van der Waals surface area (Å²) in [4.78, 5) is 15.7. The van der Waals surface area contributed by atoms with Gasteiger partial charge in [-0.2, -0.15) is 4.98 Å². The SMILES string of the molecule is Cc1cc(N2CCC(C)CC2)nc(NCc2cccnc2)n1. The van der Waals surface area contributed by atoms with Crippen molar-refractivity contribution in [3.05, 3.63) is 41.9 Å². The molecule has 22 heavy (non-hydrogen) atoms. The summed E-state index contributed by atoms with van der Waals surface area (Å²) in [6, 6.07) is 6.06. The Morgan fingerprint density at radius 2 is 2.09 bits per heavy atom. The summed E-state index contributed by atoms with van der Waals surface area (Å²) in [5.41, 5.74) is 2.12. The van der Waals surface area contributed by atoms with Gasteiger partial charge in [-0.05, 0) is 37.3 Å². The fraction of sp³-hybridized carbons (Fsp3) is 0.471. The molecule has 0 saturated carbocycles. The molecule has 0 radical (unpaired) electrons. The van der Waals surface area contributed by atoms with Crippen LogP contribution in [-0.2, 0) is 6.54 Å². The lowest BCUT2D eigenvalue weighted by atomic mass is 9.99. The number of nitrogens with zero attached hydrogens (tertiary/aromatic N) is 4. The van der Waals surface area contributed by atoms with Gasteiger partial charge in [0.25, 0.3) is 0 Å². The highest BCUT2D eigenvalue weighted by atomic mass is 15.2. The molecule has 3 heterocycles. The number of anilines is 2. The van der Waals surface area contributed by atoms with Crippen LogP contribution in [0.1, 0.15) is 31.0 Å². The van der Waals surface area contributed by atoms with Gasteiger partial charge in [0.1, 0.15) is 5.82 Å². The molecule has 2 aromatic rings. The highest BCUT2D eigenvalue weighted by Crippen LogP contribution is 2.22. The van der Waals surface area contributed by atoms with Crippen LogP contribution in [0.5, 0.6) is 0 Å². The molecule has 5 heteroatoms. The highest BCUT2D eigenvalue weighted by molar-refractivity contribution is 5.45. The van der Waals surface area contributed by atoms with Gasteiger partial charge in [0, 0.05) is 43.8 Å². The van der Waals surface area contributed by atoms with Crippen LogP contribution in [-0.4, -0.2) is 28.0 Å². The number of rotatable bonds is 4. The van der Waals surface area contributed by atoms with E-state index < -0.39 is 0 Å². The molecule has 0 aliphatic carbocycles. The van der Waals surface area contributed by atoms with E-state index in [2.05, 4.69) is 38.2 Å². The molecule has 1 fully saturated rings. The van der Waals surface area contributed by atoms with E-state index in [1.807, 2.05) is 25.3 Å². The number of pyridine rings is 1. The van der Waals surface area contributed by atoms with E-state index in [1.54, 1.807) is 6.20 Å². The Balaban J connectivity index is 1.70. The van der Waals surface area contributed by atoms with Gasteiger partial charge in [0.2, 0.25) is 5.95 Å². The predicted molar refractivity (Wildman–Crippen MR) is 88.9 cm³/mol. The van der Waals surface area contributed by atoms with E-state index in [0.717, 1.165) is 36.1 Å². The van der Waals surface area contributed by atoms with Crippen LogP contribution in [0, 0.1) is 12.8 Å². The molecular formula is C17H23N5. The fourth-order valence-electron chi connectivity index (χ4n) is 2.71. The molecule has 0 bridgehead atoms. The van der Waals surface area contributed by atoms with Crippen LogP contribution in [0.25, 0.3) is 0 Å². The molecule has 116 valence electrons. The zero-order valence-electron chi connectivity index (χ0n) is 13.3. The third kappa shape index (κ3) is 3.72. The standard InChI is InChI=1S/C17H23N5/c1-13-5-8-22(9-6-13)16-10-14(2)20-17(21-16)19-12-15-4-3-7-18-11-15/h3-4,7,10-11,13H,5-6,8-9,12H2,1-2H3,(H,19,20,21). The largest absolute Gasteiger partial charge is 0.356 e. The lowest BCUT2D eigenvalue weighted by Gasteiger charge is -2.31. The average molecular weight is 297 g/mol. The fourth-order valence-corrected chi connectivity index (χ4v) is 2.71. The van der Waals surface area contributed by atoms with E-state index in [0.29, 0.717) is 12.5 Å². The Bertz CT molecular complexity index is 606. The maximum atomic E-state index is 4.68. The first-order valence-corrected chi connectivity index (χ1v) is 7.94. The minimum Gasteiger partial charge on any atom is -0.356 e. The van der Waals surface area contributed by atoms with Gasteiger partial charge in [0.05, 0.1) is 0 Å². The second kappa shape index (κ2) is 6.73. The van der Waals surface area contributed by atoms with Crippen LogP contribution in [0.3, 0.4) is 0 Å². The first-order valence-electron chi connectivity index (χ1n) is 7.94. The van der Waals surface area contributed by atoms with Crippen molar-refractivity contribution >= 4 is 11.8 Å². The summed E-state index contributed by atoms with van der Waals surface area (Å²) in [6.07, 6.45) is 6.11.